The highest BCUT2D eigenvalue weighted by atomic mass is 31.2. The summed E-state index contributed by atoms with van der Waals surface area (Å²) in [6.07, 6.45) is 3.89. The molecule has 10 heteroatoms. The fourth-order valence-electron chi connectivity index (χ4n) is 5.22. The molecule has 3 aromatic rings. The van der Waals surface area contributed by atoms with Crippen molar-refractivity contribution in [2.75, 3.05) is 48.0 Å². The first-order chi connectivity index (χ1) is 19.0. The molecule has 1 fully saturated rings. The first kappa shape index (κ1) is 29.5. The van der Waals surface area contributed by atoms with Crippen LogP contribution in [-0.4, -0.2) is 73.2 Å². The molecule has 1 unspecified atom stereocenters. The molecule has 212 valence electrons. The Morgan fingerprint density at radius 3 is 2.05 bits per heavy atom. The van der Waals surface area contributed by atoms with Gasteiger partial charge in [-0.1, -0.05) is 48.6 Å². The molecule has 0 bridgehead atoms. The first-order valence-corrected chi connectivity index (χ1v) is 14.3. The minimum Gasteiger partial charge on any atom is -0.497 e. The van der Waals surface area contributed by atoms with Crippen molar-refractivity contribution in [3.8, 4) is 17.2 Å². The number of Topliss-reactive ketones (excluding diaryl/α,β-unsaturated/α-hetero) is 1. The van der Waals surface area contributed by atoms with Crippen LogP contribution in [0, 0.1) is 0 Å². The van der Waals surface area contributed by atoms with E-state index in [0.717, 1.165) is 11.1 Å². The van der Waals surface area contributed by atoms with Crippen LogP contribution in [0.25, 0.3) is 12.2 Å². The Morgan fingerprint density at radius 1 is 0.875 bits per heavy atom. The Labute approximate surface area is 234 Å². The average Bonchev–Trinajstić information content (AvgIpc) is 2.94. The third kappa shape index (κ3) is 5.99. The number of carbonyl (C=O) groups is 1. The van der Waals surface area contributed by atoms with E-state index in [1.165, 1.54) is 18.7 Å². The van der Waals surface area contributed by atoms with Gasteiger partial charge in [-0.2, -0.15) is 4.67 Å². The van der Waals surface area contributed by atoms with E-state index in [-0.39, 0.29) is 12.3 Å². The molecule has 3 aromatic carbocycles. The van der Waals surface area contributed by atoms with Crippen molar-refractivity contribution < 1.29 is 33.4 Å². The molecular formula is C30H35N2O7P. The second-order valence-corrected chi connectivity index (χ2v) is 11.3. The maximum atomic E-state index is 12.9. The lowest BCUT2D eigenvalue weighted by molar-refractivity contribution is 0.0724. The van der Waals surface area contributed by atoms with Crippen molar-refractivity contribution in [1.29, 1.82) is 0 Å². The molecular weight excluding hydrogens is 531 g/mol. The molecule has 1 aliphatic rings. The number of ketones is 1. The predicted octanol–water partition coefficient (Wildman–Crippen LogP) is 4.67. The van der Waals surface area contributed by atoms with Gasteiger partial charge in [-0.25, -0.2) is 4.57 Å². The number of benzene rings is 3. The average molecular weight is 567 g/mol. The number of likely N-dealkylation sites (N-methyl/N-ethyl adjacent to an activating group) is 1. The number of hydrogen-bond acceptors (Lipinski definition) is 6. The summed E-state index contributed by atoms with van der Waals surface area (Å²) in [4.78, 5) is 35.2. The largest absolute Gasteiger partial charge is 0.497 e. The summed E-state index contributed by atoms with van der Waals surface area (Å²) in [5, 5.41) is 0. The van der Waals surface area contributed by atoms with Gasteiger partial charge in [0.1, 0.15) is 17.2 Å². The summed E-state index contributed by atoms with van der Waals surface area (Å²) in [5.74, 6) is 1.62. The lowest BCUT2D eigenvalue weighted by Crippen LogP contribution is -2.58. The number of piperazine rings is 1. The van der Waals surface area contributed by atoms with E-state index in [1.54, 1.807) is 38.5 Å². The summed E-state index contributed by atoms with van der Waals surface area (Å²) in [6.45, 7) is 2.38. The quantitative estimate of drug-likeness (QED) is 0.217. The highest BCUT2D eigenvalue weighted by Crippen LogP contribution is 2.55. The highest BCUT2D eigenvalue weighted by molar-refractivity contribution is 7.49. The fourth-order valence-corrected chi connectivity index (χ4v) is 6.30. The van der Waals surface area contributed by atoms with Gasteiger partial charge in [0, 0.05) is 36.8 Å². The highest BCUT2D eigenvalue weighted by Gasteiger charge is 2.52. The third-order valence-corrected chi connectivity index (χ3v) is 8.40. The van der Waals surface area contributed by atoms with Gasteiger partial charge in [-0.15, -0.1) is 0 Å². The number of carbonyl (C=O) groups excluding carboxylic acids is 1. The summed E-state index contributed by atoms with van der Waals surface area (Å²) in [6, 6.07) is 18.2. The summed E-state index contributed by atoms with van der Waals surface area (Å²) >= 11 is 0. The number of hydrogen-bond donors (Lipinski definition) is 2. The number of rotatable bonds is 9. The second-order valence-electron chi connectivity index (χ2n) is 9.81. The summed E-state index contributed by atoms with van der Waals surface area (Å²) in [5.41, 5.74) is 2.27. The number of methoxy groups -OCH3 is 3. The Balaban J connectivity index is 1.83. The fraction of sp³-hybridized carbons (Fsp3) is 0.300. The van der Waals surface area contributed by atoms with Crippen molar-refractivity contribution in [2.45, 2.75) is 12.5 Å². The number of ether oxygens (including phenoxy) is 3. The van der Waals surface area contributed by atoms with Gasteiger partial charge < -0.3 is 28.9 Å². The molecule has 4 rings (SSSR count). The van der Waals surface area contributed by atoms with Gasteiger partial charge >= 0.3 is 7.75 Å². The smallest absolute Gasteiger partial charge is 0.404 e. The Hall–Kier alpha value is -3.46. The molecule has 0 spiro atoms. The van der Waals surface area contributed by atoms with Gasteiger partial charge in [-0.05, 0) is 48.9 Å². The summed E-state index contributed by atoms with van der Waals surface area (Å²) in [7, 11) is 1.90. The Kier molecular flexibility index (Phi) is 8.83. The van der Waals surface area contributed by atoms with Crippen LogP contribution in [0.3, 0.4) is 0 Å². The second kappa shape index (κ2) is 12.0. The molecule has 0 aliphatic carbocycles. The van der Waals surface area contributed by atoms with Crippen molar-refractivity contribution in [1.82, 2.24) is 9.57 Å². The van der Waals surface area contributed by atoms with E-state index in [9.17, 15) is 19.1 Å². The lowest BCUT2D eigenvalue weighted by Gasteiger charge is -2.50. The van der Waals surface area contributed by atoms with Crippen LogP contribution in [0.5, 0.6) is 17.2 Å². The van der Waals surface area contributed by atoms with Crippen LogP contribution in [0.15, 0.2) is 60.7 Å². The third-order valence-electron chi connectivity index (χ3n) is 7.23. The van der Waals surface area contributed by atoms with E-state index in [0.29, 0.717) is 47.0 Å². The number of nitrogens with zero attached hydrogens (tertiary/aromatic N) is 2. The van der Waals surface area contributed by atoms with Gasteiger partial charge in [-0.3, -0.25) is 4.79 Å². The van der Waals surface area contributed by atoms with Crippen LogP contribution in [0.4, 0.5) is 0 Å². The predicted molar refractivity (Wildman–Crippen MR) is 155 cm³/mol. The monoisotopic (exact) mass is 566 g/mol. The zero-order valence-corrected chi connectivity index (χ0v) is 24.2. The van der Waals surface area contributed by atoms with Crippen LogP contribution in [0.2, 0.25) is 0 Å². The molecule has 0 radical (unpaired) electrons. The molecule has 1 heterocycles. The summed E-state index contributed by atoms with van der Waals surface area (Å²) < 4.78 is 30.6. The maximum absolute atomic E-state index is 12.9. The van der Waals surface area contributed by atoms with Crippen molar-refractivity contribution >= 4 is 25.7 Å². The van der Waals surface area contributed by atoms with Crippen molar-refractivity contribution in [3.05, 3.63) is 88.5 Å². The molecule has 1 aliphatic heterocycles. The van der Waals surface area contributed by atoms with E-state index >= 15 is 0 Å². The molecule has 1 saturated heterocycles. The topological polar surface area (TPSA) is 109 Å². The first-order valence-electron chi connectivity index (χ1n) is 12.7. The SMILES string of the molecule is COc1cc(C=Cc2ccc(C3(c4ccc(C(C)=O)cc4OC)CN(C)CCN3P(=O)(O)O)cc2)cc(OC)c1. The van der Waals surface area contributed by atoms with Gasteiger partial charge in [0.25, 0.3) is 0 Å². The standard InChI is InChI=1S/C30H35N2O7P/c1-21(33)24-10-13-28(29(18-24)39-5)30(20-31(2)14-15-32(30)40(34,35)36)25-11-8-22(9-12-25)6-7-23-16-26(37-3)19-27(17-23)38-4/h6-13,16-19H,14-15,20H2,1-5H3,(H2,34,35,36). The van der Waals surface area contributed by atoms with Gasteiger partial charge in [0.15, 0.2) is 5.78 Å². The van der Waals surface area contributed by atoms with Crippen LogP contribution < -0.4 is 14.2 Å². The molecule has 40 heavy (non-hydrogen) atoms. The van der Waals surface area contributed by atoms with Gasteiger partial charge in [0.2, 0.25) is 0 Å². The molecule has 9 nitrogen and oxygen atoms in total. The molecule has 1 atom stereocenters. The minimum atomic E-state index is -4.72. The zero-order chi connectivity index (χ0) is 29.1. The normalized spacial score (nSPS) is 18.6. The van der Waals surface area contributed by atoms with Crippen molar-refractivity contribution in [2.24, 2.45) is 0 Å². The minimum absolute atomic E-state index is 0.128. The molecule has 2 N–H and O–H groups in total. The maximum Gasteiger partial charge on any atom is 0.404 e. The van der Waals surface area contributed by atoms with E-state index < -0.39 is 13.3 Å². The van der Waals surface area contributed by atoms with Crippen LogP contribution >= 0.6 is 7.75 Å². The van der Waals surface area contributed by atoms with Crippen molar-refractivity contribution in [3.63, 3.8) is 0 Å². The van der Waals surface area contributed by atoms with E-state index in [2.05, 4.69) is 0 Å². The molecule has 0 amide bonds. The van der Waals surface area contributed by atoms with Gasteiger partial charge in [0.05, 0.1) is 26.9 Å². The zero-order valence-electron chi connectivity index (χ0n) is 23.3. The lowest BCUT2D eigenvalue weighted by atomic mass is 9.79. The molecule has 0 saturated carbocycles. The Bertz CT molecular complexity index is 1430. The van der Waals surface area contributed by atoms with E-state index in [1.807, 2.05) is 60.5 Å². The van der Waals surface area contributed by atoms with Crippen LogP contribution in [-0.2, 0) is 10.1 Å². The van der Waals surface area contributed by atoms with Crippen LogP contribution in [0.1, 0.15) is 39.5 Å². The van der Waals surface area contributed by atoms with E-state index in [4.69, 9.17) is 14.2 Å². The Morgan fingerprint density at radius 2 is 1.50 bits per heavy atom. The molecule has 0 aromatic heterocycles.